The lowest BCUT2D eigenvalue weighted by molar-refractivity contribution is -0.125. The van der Waals surface area contributed by atoms with E-state index < -0.39 is 17.8 Å². The van der Waals surface area contributed by atoms with Crippen molar-refractivity contribution in [1.29, 1.82) is 0 Å². The highest BCUT2D eigenvalue weighted by atomic mass is 35.5. The fourth-order valence-electron chi connectivity index (χ4n) is 1.98. The lowest BCUT2D eigenvalue weighted by Crippen LogP contribution is -2.36. The van der Waals surface area contributed by atoms with Crippen LogP contribution in [-0.2, 0) is 14.3 Å². The molecule has 0 saturated carbocycles. The van der Waals surface area contributed by atoms with Crippen molar-refractivity contribution in [2.75, 3.05) is 25.6 Å². The summed E-state index contributed by atoms with van der Waals surface area (Å²) < 4.78 is 9.93. The van der Waals surface area contributed by atoms with Crippen LogP contribution in [0.2, 0.25) is 5.02 Å². The van der Waals surface area contributed by atoms with Gasteiger partial charge in [0, 0.05) is 5.02 Å². The van der Waals surface area contributed by atoms with Crippen LogP contribution >= 0.6 is 11.6 Å². The van der Waals surface area contributed by atoms with Crippen molar-refractivity contribution in [2.45, 2.75) is 0 Å². The van der Waals surface area contributed by atoms with Crippen LogP contribution in [-0.4, -0.2) is 38.0 Å². The monoisotopic (exact) mass is 376 g/mol. The molecule has 0 radical (unpaired) electrons. The molecule has 2 amide bonds. The van der Waals surface area contributed by atoms with Gasteiger partial charge in [-0.15, -0.1) is 0 Å². The van der Waals surface area contributed by atoms with Crippen LogP contribution in [0.1, 0.15) is 10.4 Å². The summed E-state index contributed by atoms with van der Waals surface area (Å²) in [5.41, 5.74) is 0.525. The maximum absolute atomic E-state index is 12.0. The van der Waals surface area contributed by atoms with Crippen LogP contribution in [0.3, 0.4) is 0 Å². The second-order valence-corrected chi connectivity index (χ2v) is 5.54. The first-order valence-corrected chi connectivity index (χ1v) is 7.99. The van der Waals surface area contributed by atoms with Gasteiger partial charge in [0.25, 0.3) is 5.91 Å². The summed E-state index contributed by atoms with van der Waals surface area (Å²) >= 11 is 5.76. The summed E-state index contributed by atoms with van der Waals surface area (Å²) in [6, 6.07) is 13.0. The van der Waals surface area contributed by atoms with Crippen molar-refractivity contribution in [3.63, 3.8) is 0 Å². The van der Waals surface area contributed by atoms with Crippen LogP contribution < -0.4 is 15.4 Å². The minimum atomic E-state index is -0.568. The maximum Gasteiger partial charge on any atom is 0.339 e. The van der Waals surface area contributed by atoms with Gasteiger partial charge in [0.1, 0.15) is 5.75 Å². The SMILES string of the molecule is COC(=O)c1ccccc1NC(=O)CNC(=O)COc1ccc(Cl)cc1. The molecule has 0 spiro atoms. The van der Waals surface area contributed by atoms with E-state index in [-0.39, 0.29) is 18.7 Å². The zero-order valence-corrected chi connectivity index (χ0v) is 14.7. The second kappa shape index (κ2) is 9.43. The highest BCUT2D eigenvalue weighted by Crippen LogP contribution is 2.16. The average molecular weight is 377 g/mol. The molecular formula is C18H17ClN2O5. The Morgan fingerprint density at radius 3 is 2.38 bits per heavy atom. The minimum absolute atomic E-state index is 0.223. The third-order valence-corrected chi connectivity index (χ3v) is 3.49. The van der Waals surface area contributed by atoms with Crippen molar-refractivity contribution in [1.82, 2.24) is 5.32 Å². The number of para-hydroxylation sites is 1. The number of rotatable bonds is 7. The first-order valence-electron chi connectivity index (χ1n) is 7.62. The predicted molar refractivity (Wildman–Crippen MR) is 96.4 cm³/mol. The van der Waals surface area contributed by atoms with Crippen molar-refractivity contribution in [2.24, 2.45) is 0 Å². The average Bonchev–Trinajstić information content (AvgIpc) is 2.65. The molecule has 0 aromatic heterocycles. The van der Waals surface area contributed by atoms with Gasteiger partial charge in [-0.2, -0.15) is 0 Å². The lowest BCUT2D eigenvalue weighted by atomic mass is 10.2. The van der Waals surface area contributed by atoms with Crippen LogP contribution in [0.15, 0.2) is 48.5 Å². The largest absolute Gasteiger partial charge is 0.484 e. The van der Waals surface area contributed by atoms with Crippen LogP contribution in [0, 0.1) is 0 Å². The Balaban J connectivity index is 1.80. The number of nitrogens with one attached hydrogen (secondary N) is 2. The van der Waals surface area contributed by atoms with E-state index in [0.717, 1.165) is 0 Å². The van der Waals surface area contributed by atoms with E-state index in [9.17, 15) is 14.4 Å². The molecule has 0 aliphatic carbocycles. The molecule has 0 bridgehead atoms. The van der Waals surface area contributed by atoms with Gasteiger partial charge in [-0.1, -0.05) is 23.7 Å². The van der Waals surface area contributed by atoms with Gasteiger partial charge < -0.3 is 20.1 Å². The standard InChI is InChI=1S/C18H17ClN2O5/c1-25-18(24)14-4-2-3-5-15(14)21-16(22)10-20-17(23)11-26-13-8-6-12(19)7-9-13/h2-9H,10-11H2,1H3,(H,20,23)(H,21,22). The molecule has 0 heterocycles. The molecule has 0 saturated heterocycles. The molecule has 2 aromatic carbocycles. The molecule has 2 aromatic rings. The topological polar surface area (TPSA) is 93.7 Å². The van der Waals surface area contributed by atoms with Crippen molar-refractivity contribution < 1.29 is 23.9 Å². The van der Waals surface area contributed by atoms with E-state index in [1.165, 1.54) is 13.2 Å². The number of carbonyl (C=O) groups excluding carboxylic acids is 3. The lowest BCUT2D eigenvalue weighted by Gasteiger charge is -2.10. The van der Waals surface area contributed by atoms with Crippen molar-refractivity contribution >= 4 is 35.1 Å². The fourth-order valence-corrected chi connectivity index (χ4v) is 2.11. The Hall–Kier alpha value is -3.06. The fraction of sp³-hybridized carbons (Fsp3) is 0.167. The Labute approximate surface area is 155 Å². The summed E-state index contributed by atoms with van der Waals surface area (Å²) in [5, 5.41) is 5.54. The predicted octanol–water partition coefficient (Wildman–Crippen LogP) is 2.26. The number of esters is 1. The van der Waals surface area contributed by atoms with Gasteiger partial charge in [-0.3, -0.25) is 9.59 Å². The molecule has 0 atom stereocenters. The summed E-state index contributed by atoms with van der Waals surface area (Å²) in [4.78, 5) is 35.4. The Bertz CT molecular complexity index is 792. The number of amides is 2. The molecule has 26 heavy (non-hydrogen) atoms. The number of methoxy groups -OCH3 is 1. The minimum Gasteiger partial charge on any atom is -0.484 e. The van der Waals surface area contributed by atoms with E-state index in [2.05, 4.69) is 15.4 Å². The molecule has 2 N–H and O–H groups in total. The van der Waals surface area contributed by atoms with Crippen molar-refractivity contribution in [3.05, 3.63) is 59.1 Å². The summed E-state index contributed by atoms with van der Waals surface area (Å²) in [7, 11) is 1.25. The van der Waals surface area contributed by atoms with Gasteiger partial charge in [0.15, 0.2) is 6.61 Å². The van der Waals surface area contributed by atoms with E-state index in [0.29, 0.717) is 16.5 Å². The molecule has 2 rings (SSSR count). The normalized spacial score (nSPS) is 9.92. The zero-order chi connectivity index (χ0) is 18.9. The molecule has 8 heteroatoms. The molecule has 136 valence electrons. The number of halogens is 1. The Morgan fingerprint density at radius 1 is 1.00 bits per heavy atom. The number of carbonyl (C=O) groups is 3. The smallest absolute Gasteiger partial charge is 0.339 e. The second-order valence-electron chi connectivity index (χ2n) is 5.10. The van der Waals surface area contributed by atoms with Gasteiger partial charge in [-0.05, 0) is 36.4 Å². The summed E-state index contributed by atoms with van der Waals surface area (Å²) in [6.07, 6.45) is 0. The zero-order valence-electron chi connectivity index (χ0n) is 14.0. The van der Waals surface area contributed by atoms with Gasteiger partial charge in [0.2, 0.25) is 5.91 Å². The van der Waals surface area contributed by atoms with Crippen LogP contribution in [0.4, 0.5) is 5.69 Å². The van der Waals surface area contributed by atoms with Gasteiger partial charge in [-0.25, -0.2) is 4.79 Å². The van der Waals surface area contributed by atoms with Crippen LogP contribution in [0.25, 0.3) is 0 Å². The van der Waals surface area contributed by atoms with E-state index >= 15 is 0 Å². The highest BCUT2D eigenvalue weighted by Gasteiger charge is 2.13. The van der Waals surface area contributed by atoms with E-state index in [4.69, 9.17) is 16.3 Å². The van der Waals surface area contributed by atoms with Crippen molar-refractivity contribution in [3.8, 4) is 5.75 Å². The van der Waals surface area contributed by atoms with E-state index in [1.54, 1.807) is 42.5 Å². The quantitative estimate of drug-likeness (QED) is 0.723. The van der Waals surface area contributed by atoms with Gasteiger partial charge in [0.05, 0.1) is 24.9 Å². The number of ether oxygens (including phenoxy) is 2. The van der Waals surface area contributed by atoms with Gasteiger partial charge >= 0.3 is 5.97 Å². The highest BCUT2D eigenvalue weighted by molar-refractivity contribution is 6.30. The molecule has 7 nitrogen and oxygen atoms in total. The summed E-state index contributed by atoms with van der Waals surface area (Å²) in [5.74, 6) is -1.03. The third kappa shape index (κ3) is 5.78. The molecule has 0 aliphatic rings. The van der Waals surface area contributed by atoms with Crippen LogP contribution in [0.5, 0.6) is 5.75 Å². The maximum atomic E-state index is 12.0. The number of anilines is 1. The third-order valence-electron chi connectivity index (χ3n) is 3.24. The number of hydrogen-bond donors (Lipinski definition) is 2. The molecular weight excluding hydrogens is 360 g/mol. The first-order chi connectivity index (χ1) is 12.5. The molecule has 0 fully saturated rings. The summed E-state index contributed by atoms with van der Waals surface area (Å²) in [6.45, 7) is -0.508. The molecule has 0 aliphatic heterocycles. The molecule has 0 unspecified atom stereocenters. The first kappa shape index (κ1) is 19.3. The Kier molecular flexibility index (Phi) is 6.99. The Morgan fingerprint density at radius 2 is 1.69 bits per heavy atom. The number of benzene rings is 2. The number of hydrogen-bond acceptors (Lipinski definition) is 5. The van der Waals surface area contributed by atoms with E-state index in [1.807, 2.05) is 0 Å².